The van der Waals surface area contributed by atoms with Crippen molar-refractivity contribution in [3.63, 3.8) is 0 Å². The van der Waals surface area contributed by atoms with Crippen LogP contribution in [0.5, 0.6) is 0 Å². The molecule has 1 amide bonds. The number of hydrogen-bond acceptors (Lipinski definition) is 3. The van der Waals surface area contributed by atoms with Gasteiger partial charge in [-0.1, -0.05) is 12.8 Å². The van der Waals surface area contributed by atoms with E-state index >= 15 is 0 Å². The highest BCUT2D eigenvalue weighted by atomic mass is 32.1. The van der Waals surface area contributed by atoms with Gasteiger partial charge in [0.05, 0.1) is 15.7 Å². The van der Waals surface area contributed by atoms with E-state index in [1.165, 1.54) is 32.1 Å². The monoisotopic (exact) mass is 300 g/mol. The summed E-state index contributed by atoms with van der Waals surface area (Å²) in [6, 6.07) is 5.77. The molecule has 2 fully saturated rings. The minimum atomic E-state index is 0.0618. The predicted molar refractivity (Wildman–Crippen MR) is 85.5 cm³/mol. The molecule has 0 unspecified atom stereocenters. The van der Waals surface area contributed by atoms with Crippen LogP contribution >= 0.6 is 11.3 Å². The van der Waals surface area contributed by atoms with Crippen LogP contribution in [0.15, 0.2) is 23.7 Å². The average Bonchev–Trinajstić information content (AvgIpc) is 3.20. The normalized spacial score (nSPS) is 27.9. The van der Waals surface area contributed by atoms with E-state index < -0.39 is 0 Å². The van der Waals surface area contributed by atoms with Gasteiger partial charge in [0, 0.05) is 12.1 Å². The van der Waals surface area contributed by atoms with Crippen molar-refractivity contribution in [3.8, 4) is 0 Å². The lowest BCUT2D eigenvalue weighted by atomic mass is 9.92. The molecule has 4 heteroatoms. The van der Waals surface area contributed by atoms with E-state index in [-0.39, 0.29) is 5.91 Å². The van der Waals surface area contributed by atoms with Crippen LogP contribution in [-0.2, 0) is 0 Å². The molecule has 0 radical (unpaired) electrons. The van der Waals surface area contributed by atoms with Crippen molar-refractivity contribution in [1.82, 2.24) is 10.3 Å². The average molecular weight is 300 g/mol. The maximum Gasteiger partial charge on any atom is 0.251 e. The SMILES string of the molecule is O=C(NC[C@H]1CC[C@@H]2CCC[C@@H]21)c1ccc2ncsc2c1. The fraction of sp³-hybridized carbons (Fsp3) is 0.529. The molecule has 2 aliphatic rings. The zero-order valence-corrected chi connectivity index (χ0v) is 12.9. The fourth-order valence-corrected chi connectivity index (χ4v) is 4.98. The number of carbonyl (C=O) groups is 1. The van der Waals surface area contributed by atoms with E-state index in [1.807, 2.05) is 23.7 Å². The van der Waals surface area contributed by atoms with Gasteiger partial charge in [0.25, 0.3) is 5.91 Å². The first-order valence-electron chi connectivity index (χ1n) is 7.93. The Bertz CT molecular complexity index is 666. The highest BCUT2D eigenvalue weighted by molar-refractivity contribution is 7.16. The van der Waals surface area contributed by atoms with Gasteiger partial charge in [-0.3, -0.25) is 4.79 Å². The molecule has 1 aromatic heterocycles. The first-order chi connectivity index (χ1) is 10.3. The third kappa shape index (κ3) is 2.46. The predicted octanol–water partition coefficient (Wildman–Crippen LogP) is 3.85. The lowest BCUT2D eigenvalue weighted by Crippen LogP contribution is -2.31. The molecule has 4 rings (SSSR count). The van der Waals surface area contributed by atoms with Gasteiger partial charge >= 0.3 is 0 Å². The number of hydrogen-bond donors (Lipinski definition) is 1. The molecular weight excluding hydrogens is 280 g/mol. The van der Waals surface area contributed by atoms with Crippen molar-refractivity contribution >= 4 is 27.5 Å². The van der Waals surface area contributed by atoms with E-state index in [2.05, 4.69) is 10.3 Å². The molecule has 3 nitrogen and oxygen atoms in total. The Morgan fingerprint density at radius 3 is 3.19 bits per heavy atom. The Kier molecular flexibility index (Phi) is 3.42. The summed E-state index contributed by atoms with van der Waals surface area (Å²) < 4.78 is 1.08. The number of rotatable bonds is 3. The van der Waals surface area contributed by atoms with E-state index in [1.54, 1.807) is 11.3 Å². The Morgan fingerprint density at radius 2 is 2.24 bits per heavy atom. The Labute approximate surface area is 128 Å². The number of thiazole rings is 1. The molecule has 2 saturated carbocycles. The second kappa shape index (κ2) is 5.41. The van der Waals surface area contributed by atoms with Gasteiger partial charge in [-0.25, -0.2) is 4.98 Å². The van der Waals surface area contributed by atoms with Gasteiger partial charge in [-0.05, 0) is 55.2 Å². The number of nitrogens with zero attached hydrogens (tertiary/aromatic N) is 1. The van der Waals surface area contributed by atoms with Crippen LogP contribution in [-0.4, -0.2) is 17.4 Å². The number of carbonyl (C=O) groups excluding carboxylic acids is 1. The Hall–Kier alpha value is -1.42. The fourth-order valence-electron chi connectivity index (χ4n) is 4.26. The summed E-state index contributed by atoms with van der Waals surface area (Å²) in [5, 5.41) is 3.16. The van der Waals surface area contributed by atoms with Gasteiger partial charge in [-0.15, -0.1) is 11.3 Å². The summed E-state index contributed by atoms with van der Waals surface area (Å²) in [4.78, 5) is 16.6. The lowest BCUT2D eigenvalue weighted by molar-refractivity contribution is 0.0943. The highest BCUT2D eigenvalue weighted by Gasteiger charge is 2.38. The van der Waals surface area contributed by atoms with Crippen LogP contribution in [0.3, 0.4) is 0 Å². The number of benzene rings is 1. The maximum atomic E-state index is 12.3. The van der Waals surface area contributed by atoms with Crippen LogP contribution in [0.2, 0.25) is 0 Å². The number of aromatic nitrogens is 1. The van der Waals surface area contributed by atoms with Crippen LogP contribution in [0.25, 0.3) is 10.2 Å². The molecule has 0 spiro atoms. The van der Waals surface area contributed by atoms with E-state index in [4.69, 9.17) is 0 Å². The van der Waals surface area contributed by atoms with Gasteiger partial charge in [0.15, 0.2) is 0 Å². The molecular formula is C17H20N2OS. The van der Waals surface area contributed by atoms with Crippen LogP contribution in [0.4, 0.5) is 0 Å². The first-order valence-corrected chi connectivity index (χ1v) is 8.80. The molecule has 3 atom stereocenters. The zero-order valence-electron chi connectivity index (χ0n) is 12.0. The quantitative estimate of drug-likeness (QED) is 0.935. The second-order valence-corrected chi connectivity index (χ2v) is 7.32. The number of nitrogens with one attached hydrogen (secondary N) is 1. The molecule has 0 aliphatic heterocycles. The molecule has 1 aromatic carbocycles. The van der Waals surface area contributed by atoms with Crippen molar-refractivity contribution < 1.29 is 4.79 Å². The standard InChI is InChI=1S/C17H20N2OS/c20-17(12-6-7-15-16(8-12)21-10-19-15)18-9-13-5-4-11-2-1-3-14(11)13/h6-8,10-11,13-14H,1-5,9H2,(H,18,20)/t11-,13+,14-/m0/s1. The van der Waals surface area contributed by atoms with Crippen LogP contribution < -0.4 is 5.32 Å². The Balaban J connectivity index is 1.41. The summed E-state index contributed by atoms with van der Waals surface area (Å²) in [6.07, 6.45) is 6.85. The van der Waals surface area contributed by atoms with Crippen molar-refractivity contribution in [2.75, 3.05) is 6.54 Å². The third-order valence-corrected chi connectivity index (χ3v) is 6.14. The van der Waals surface area contributed by atoms with Gasteiger partial charge < -0.3 is 5.32 Å². The number of amides is 1. The summed E-state index contributed by atoms with van der Waals surface area (Å²) in [6.45, 7) is 0.848. The summed E-state index contributed by atoms with van der Waals surface area (Å²) in [7, 11) is 0. The minimum Gasteiger partial charge on any atom is -0.352 e. The molecule has 1 heterocycles. The molecule has 2 aliphatic carbocycles. The smallest absolute Gasteiger partial charge is 0.251 e. The molecule has 1 N–H and O–H groups in total. The van der Waals surface area contributed by atoms with E-state index in [0.29, 0.717) is 5.92 Å². The Morgan fingerprint density at radius 1 is 1.29 bits per heavy atom. The van der Waals surface area contributed by atoms with Gasteiger partial charge in [-0.2, -0.15) is 0 Å². The summed E-state index contributed by atoms with van der Waals surface area (Å²) in [5.41, 5.74) is 3.55. The molecule has 21 heavy (non-hydrogen) atoms. The third-order valence-electron chi connectivity index (χ3n) is 5.35. The van der Waals surface area contributed by atoms with Crippen LogP contribution in [0.1, 0.15) is 42.5 Å². The number of fused-ring (bicyclic) bond motifs is 2. The highest BCUT2D eigenvalue weighted by Crippen LogP contribution is 2.47. The van der Waals surface area contributed by atoms with Crippen molar-refractivity contribution in [2.45, 2.75) is 32.1 Å². The van der Waals surface area contributed by atoms with Gasteiger partial charge in [0.1, 0.15) is 0 Å². The zero-order chi connectivity index (χ0) is 14.2. The molecule has 0 saturated heterocycles. The largest absolute Gasteiger partial charge is 0.352 e. The summed E-state index contributed by atoms with van der Waals surface area (Å²) >= 11 is 1.58. The van der Waals surface area contributed by atoms with Crippen LogP contribution in [0, 0.1) is 17.8 Å². The van der Waals surface area contributed by atoms with E-state index in [0.717, 1.165) is 34.2 Å². The second-order valence-electron chi connectivity index (χ2n) is 6.44. The molecule has 2 aromatic rings. The van der Waals surface area contributed by atoms with Crippen molar-refractivity contribution in [2.24, 2.45) is 17.8 Å². The van der Waals surface area contributed by atoms with Gasteiger partial charge in [0.2, 0.25) is 0 Å². The van der Waals surface area contributed by atoms with Crippen molar-refractivity contribution in [1.29, 1.82) is 0 Å². The molecule has 110 valence electrons. The maximum absolute atomic E-state index is 12.3. The first kappa shape index (κ1) is 13.3. The molecule has 0 bridgehead atoms. The van der Waals surface area contributed by atoms with E-state index in [9.17, 15) is 4.79 Å². The lowest BCUT2D eigenvalue weighted by Gasteiger charge is -2.18. The minimum absolute atomic E-state index is 0.0618. The van der Waals surface area contributed by atoms with Crippen molar-refractivity contribution in [3.05, 3.63) is 29.3 Å². The topological polar surface area (TPSA) is 42.0 Å². The summed E-state index contributed by atoms with van der Waals surface area (Å²) in [5.74, 6) is 2.58.